The number of benzene rings is 2. The van der Waals surface area contributed by atoms with Gasteiger partial charge in [0.15, 0.2) is 0 Å². The van der Waals surface area contributed by atoms with Gasteiger partial charge in [-0.15, -0.1) is 0 Å². The molecule has 1 unspecified atom stereocenters. The molecule has 2 aromatic carbocycles. The van der Waals surface area contributed by atoms with Crippen LogP contribution in [0.15, 0.2) is 42.5 Å². The summed E-state index contributed by atoms with van der Waals surface area (Å²) in [7, 11) is 0. The van der Waals surface area contributed by atoms with E-state index < -0.39 is 0 Å². The topological polar surface area (TPSA) is 29.5 Å². The quantitative estimate of drug-likeness (QED) is 0.439. The Labute approximate surface area is 156 Å². The van der Waals surface area contributed by atoms with Gasteiger partial charge in [0.25, 0.3) is 0 Å². The molecule has 1 aliphatic carbocycles. The maximum absolute atomic E-state index is 12.4. The first-order valence-corrected chi connectivity index (χ1v) is 9.99. The summed E-state index contributed by atoms with van der Waals surface area (Å²) in [6, 6.07) is 15.2. The molecule has 1 saturated heterocycles. The minimum Gasteiger partial charge on any atom is -0.445 e. The van der Waals surface area contributed by atoms with Crippen molar-refractivity contribution in [2.24, 2.45) is 0 Å². The SMILES string of the molecule is O=C(OCc1cccc2c1Cc1ccccc1-2)N1CCCC1CI. The first-order chi connectivity index (χ1) is 11.8. The van der Waals surface area contributed by atoms with Crippen LogP contribution in [-0.4, -0.2) is 28.0 Å². The molecule has 0 radical (unpaired) electrons. The van der Waals surface area contributed by atoms with Crippen LogP contribution in [0, 0.1) is 0 Å². The predicted molar refractivity (Wildman–Crippen MR) is 103 cm³/mol. The lowest BCUT2D eigenvalue weighted by Gasteiger charge is -2.22. The van der Waals surface area contributed by atoms with Crippen LogP contribution in [0.2, 0.25) is 0 Å². The normalized spacial score (nSPS) is 18.4. The monoisotopic (exact) mass is 433 g/mol. The Morgan fingerprint density at radius 2 is 2.00 bits per heavy atom. The summed E-state index contributed by atoms with van der Waals surface area (Å²) in [5.74, 6) is 0. The first kappa shape index (κ1) is 15.9. The van der Waals surface area contributed by atoms with Crippen LogP contribution >= 0.6 is 22.6 Å². The number of halogens is 1. The molecule has 4 heteroatoms. The fraction of sp³-hybridized carbons (Fsp3) is 0.350. The van der Waals surface area contributed by atoms with Gasteiger partial charge in [-0.2, -0.15) is 0 Å². The lowest BCUT2D eigenvalue weighted by atomic mass is 10.0. The largest absolute Gasteiger partial charge is 0.445 e. The van der Waals surface area contributed by atoms with Gasteiger partial charge in [-0.1, -0.05) is 65.1 Å². The zero-order valence-electron chi connectivity index (χ0n) is 13.5. The van der Waals surface area contributed by atoms with Crippen LogP contribution in [0.4, 0.5) is 4.79 Å². The maximum atomic E-state index is 12.4. The van der Waals surface area contributed by atoms with Gasteiger partial charge >= 0.3 is 6.09 Å². The van der Waals surface area contributed by atoms with E-state index in [1.165, 1.54) is 22.3 Å². The van der Waals surface area contributed by atoms with Crippen molar-refractivity contribution in [3.8, 4) is 11.1 Å². The molecule has 3 nitrogen and oxygen atoms in total. The molecule has 0 saturated carbocycles. The zero-order chi connectivity index (χ0) is 16.5. The minimum atomic E-state index is -0.165. The lowest BCUT2D eigenvalue weighted by molar-refractivity contribution is 0.0951. The Morgan fingerprint density at radius 3 is 2.88 bits per heavy atom. The van der Waals surface area contributed by atoms with Gasteiger partial charge in [0.05, 0.1) is 0 Å². The van der Waals surface area contributed by atoms with Crippen molar-refractivity contribution >= 4 is 28.7 Å². The Kier molecular flexibility index (Phi) is 4.48. The third-order valence-electron chi connectivity index (χ3n) is 5.09. The van der Waals surface area contributed by atoms with Gasteiger partial charge in [-0.3, -0.25) is 0 Å². The summed E-state index contributed by atoms with van der Waals surface area (Å²) in [5, 5.41) is 0. The average molecular weight is 433 g/mol. The number of amides is 1. The maximum Gasteiger partial charge on any atom is 0.410 e. The Balaban J connectivity index is 1.50. The number of fused-ring (bicyclic) bond motifs is 3. The third-order valence-corrected chi connectivity index (χ3v) is 6.11. The highest BCUT2D eigenvalue weighted by Crippen LogP contribution is 2.38. The summed E-state index contributed by atoms with van der Waals surface area (Å²) in [6.07, 6.45) is 2.94. The predicted octanol–water partition coefficient (Wildman–Crippen LogP) is 4.79. The van der Waals surface area contributed by atoms with Crippen molar-refractivity contribution < 1.29 is 9.53 Å². The van der Waals surface area contributed by atoms with E-state index in [2.05, 4.69) is 65.1 Å². The molecule has 1 aliphatic heterocycles. The average Bonchev–Trinajstić information content (AvgIpc) is 3.24. The van der Waals surface area contributed by atoms with E-state index in [9.17, 15) is 4.79 Å². The molecule has 1 atom stereocenters. The van der Waals surface area contributed by atoms with Crippen molar-refractivity contribution in [1.29, 1.82) is 0 Å². The van der Waals surface area contributed by atoms with Crippen molar-refractivity contribution in [2.75, 3.05) is 11.0 Å². The summed E-state index contributed by atoms with van der Waals surface area (Å²) in [4.78, 5) is 14.3. The highest BCUT2D eigenvalue weighted by atomic mass is 127. The molecule has 2 aliphatic rings. The fourth-order valence-electron chi connectivity index (χ4n) is 3.82. The molecular weight excluding hydrogens is 413 g/mol. The molecule has 1 amide bonds. The third kappa shape index (κ3) is 2.81. The van der Waals surface area contributed by atoms with E-state index in [1.807, 2.05) is 4.90 Å². The molecule has 0 N–H and O–H groups in total. The van der Waals surface area contributed by atoms with Gasteiger partial charge in [-0.25, -0.2) is 4.79 Å². The number of likely N-dealkylation sites (tertiary alicyclic amines) is 1. The number of ether oxygens (including phenoxy) is 1. The van der Waals surface area contributed by atoms with Gasteiger partial charge in [0.1, 0.15) is 6.61 Å². The number of rotatable bonds is 3. The summed E-state index contributed by atoms with van der Waals surface area (Å²) < 4.78 is 6.63. The van der Waals surface area contributed by atoms with E-state index >= 15 is 0 Å². The molecule has 1 fully saturated rings. The van der Waals surface area contributed by atoms with Crippen LogP contribution in [0.1, 0.15) is 29.5 Å². The number of carbonyl (C=O) groups excluding carboxylic acids is 1. The van der Waals surface area contributed by atoms with Gasteiger partial charge in [-0.05, 0) is 47.1 Å². The van der Waals surface area contributed by atoms with Crippen LogP contribution in [0.25, 0.3) is 11.1 Å². The van der Waals surface area contributed by atoms with E-state index in [4.69, 9.17) is 4.74 Å². The molecule has 2 aromatic rings. The Bertz CT molecular complexity index is 774. The van der Waals surface area contributed by atoms with E-state index in [-0.39, 0.29) is 6.09 Å². The van der Waals surface area contributed by atoms with E-state index in [1.54, 1.807) is 0 Å². The van der Waals surface area contributed by atoms with Crippen LogP contribution in [-0.2, 0) is 17.8 Å². The van der Waals surface area contributed by atoms with Crippen LogP contribution in [0.3, 0.4) is 0 Å². The number of carbonyl (C=O) groups is 1. The molecule has 0 aromatic heterocycles. The molecular formula is C20H20INO2. The second kappa shape index (κ2) is 6.75. The first-order valence-electron chi connectivity index (χ1n) is 8.46. The number of hydrogen-bond donors (Lipinski definition) is 0. The fourth-order valence-corrected chi connectivity index (χ4v) is 4.73. The standard InChI is InChI=1S/C20H20INO2/c21-12-16-7-4-10-22(16)20(23)24-13-15-6-3-9-18-17-8-2-1-5-14(17)11-19(15)18/h1-3,5-6,8-9,16H,4,7,10-13H2. The lowest BCUT2D eigenvalue weighted by Crippen LogP contribution is -2.36. The Hall–Kier alpha value is -1.56. The van der Waals surface area contributed by atoms with Crippen molar-refractivity contribution in [1.82, 2.24) is 4.90 Å². The number of nitrogens with zero attached hydrogens (tertiary/aromatic N) is 1. The zero-order valence-corrected chi connectivity index (χ0v) is 15.7. The minimum absolute atomic E-state index is 0.165. The number of alkyl halides is 1. The summed E-state index contributed by atoms with van der Waals surface area (Å²) in [5.41, 5.74) is 6.38. The van der Waals surface area contributed by atoms with Crippen LogP contribution in [0.5, 0.6) is 0 Å². The highest BCUT2D eigenvalue weighted by Gasteiger charge is 2.29. The van der Waals surface area contributed by atoms with Gasteiger partial charge in [0, 0.05) is 17.0 Å². The summed E-state index contributed by atoms with van der Waals surface area (Å²) in [6.45, 7) is 1.19. The van der Waals surface area contributed by atoms with Crippen LogP contribution < -0.4 is 0 Å². The van der Waals surface area contributed by atoms with E-state index in [0.29, 0.717) is 12.6 Å². The molecule has 0 spiro atoms. The highest BCUT2D eigenvalue weighted by molar-refractivity contribution is 14.1. The van der Waals surface area contributed by atoms with E-state index in [0.717, 1.165) is 35.8 Å². The Morgan fingerprint density at radius 1 is 1.17 bits per heavy atom. The molecule has 4 rings (SSSR count). The van der Waals surface area contributed by atoms with Crippen molar-refractivity contribution in [2.45, 2.75) is 31.9 Å². The number of hydrogen-bond acceptors (Lipinski definition) is 2. The second-order valence-corrected chi connectivity index (χ2v) is 7.36. The van der Waals surface area contributed by atoms with Crippen molar-refractivity contribution in [3.63, 3.8) is 0 Å². The summed E-state index contributed by atoms with van der Waals surface area (Å²) >= 11 is 2.35. The van der Waals surface area contributed by atoms with Crippen molar-refractivity contribution in [3.05, 3.63) is 59.2 Å². The van der Waals surface area contributed by atoms with Gasteiger partial charge < -0.3 is 9.64 Å². The molecule has 0 bridgehead atoms. The molecule has 24 heavy (non-hydrogen) atoms. The molecule has 124 valence electrons. The molecule has 1 heterocycles. The second-order valence-electron chi connectivity index (χ2n) is 6.48. The smallest absolute Gasteiger partial charge is 0.410 e. The van der Waals surface area contributed by atoms with Gasteiger partial charge in [0.2, 0.25) is 0 Å².